The van der Waals surface area contributed by atoms with E-state index in [-0.39, 0.29) is 12.0 Å². The number of benzene rings is 1. The molecule has 1 aromatic carbocycles. The Labute approximate surface area is 152 Å². The van der Waals surface area contributed by atoms with Crippen LogP contribution >= 0.6 is 11.8 Å². The third kappa shape index (κ3) is 5.03. The van der Waals surface area contributed by atoms with Crippen LogP contribution in [0, 0.1) is 13.8 Å². The van der Waals surface area contributed by atoms with Crippen molar-refractivity contribution in [3.63, 3.8) is 0 Å². The van der Waals surface area contributed by atoms with Crippen LogP contribution in [0.3, 0.4) is 0 Å². The third-order valence-electron chi connectivity index (χ3n) is 4.21. The van der Waals surface area contributed by atoms with Crippen molar-refractivity contribution in [3.8, 4) is 11.3 Å². The van der Waals surface area contributed by atoms with Gasteiger partial charge in [-0.05, 0) is 50.5 Å². The summed E-state index contributed by atoms with van der Waals surface area (Å²) in [6.07, 6.45) is 2.28. The largest absolute Gasteiger partial charge is 0.376 e. The molecule has 2 heterocycles. The average Bonchev–Trinajstić information content (AvgIpc) is 3.14. The average molecular weight is 357 g/mol. The Morgan fingerprint density at radius 1 is 1.28 bits per heavy atom. The van der Waals surface area contributed by atoms with E-state index in [9.17, 15) is 4.79 Å². The van der Waals surface area contributed by atoms with Crippen LogP contribution in [0.15, 0.2) is 35.4 Å². The zero-order valence-corrected chi connectivity index (χ0v) is 15.4. The van der Waals surface area contributed by atoms with Crippen LogP contribution in [-0.4, -0.2) is 41.1 Å². The number of hydrogen-bond donors (Lipinski definition) is 1. The van der Waals surface area contributed by atoms with Gasteiger partial charge in [0.1, 0.15) is 5.03 Å². The van der Waals surface area contributed by atoms with Crippen LogP contribution in [0.5, 0.6) is 0 Å². The summed E-state index contributed by atoms with van der Waals surface area (Å²) in [4.78, 5) is 11.9. The number of nitrogens with one attached hydrogen (secondary N) is 1. The molecule has 1 aliphatic rings. The molecule has 0 radical (unpaired) electrons. The summed E-state index contributed by atoms with van der Waals surface area (Å²) in [6, 6.07) is 10.2. The number of carbonyl (C=O) groups excluding carboxylic acids is 1. The molecule has 1 N–H and O–H groups in total. The normalized spacial score (nSPS) is 16.8. The van der Waals surface area contributed by atoms with E-state index in [2.05, 4.69) is 47.6 Å². The van der Waals surface area contributed by atoms with Crippen molar-refractivity contribution in [2.75, 3.05) is 18.9 Å². The molecule has 1 aromatic heterocycles. The zero-order valence-electron chi connectivity index (χ0n) is 14.6. The number of hydrogen-bond acceptors (Lipinski definition) is 5. The number of carbonyl (C=O) groups is 1. The molecule has 25 heavy (non-hydrogen) atoms. The lowest BCUT2D eigenvalue weighted by molar-refractivity contribution is -0.119. The Balaban J connectivity index is 1.52. The molecule has 3 rings (SSSR count). The quantitative estimate of drug-likeness (QED) is 0.805. The van der Waals surface area contributed by atoms with E-state index in [1.54, 1.807) is 0 Å². The third-order valence-corrected chi connectivity index (χ3v) is 5.13. The fourth-order valence-electron chi connectivity index (χ4n) is 2.78. The van der Waals surface area contributed by atoms with E-state index in [0.29, 0.717) is 12.3 Å². The predicted molar refractivity (Wildman–Crippen MR) is 99.6 cm³/mol. The van der Waals surface area contributed by atoms with Gasteiger partial charge in [-0.3, -0.25) is 4.79 Å². The van der Waals surface area contributed by atoms with Crippen molar-refractivity contribution in [3.05, 3.63) is 41.5 Å². The second-order valence-corrected chi connectivity index (χ2v) is 7.30. The van der Waals surface area contributed by atoms with Gasteiger partial charge in [-0.25, -0.2) is 0 Å². The number of thioether (sulfide) groups is 1. The van der Waals surface area contributed by atoms with Gasteiger partial charge in [0, 0.05) is 18.7 Å². The highest BCUT2D eigenvalue weighted by Crippen LogP contribution is 2.23. The summed E-state index contributed by atoms with van der Waals surface area (Å²) in [6.45, 7) is 5.53. The molecule has 1 atom stereocenters. The maximum Gasteiger partial charge on any atom is 0.230 e. The van der Waals surface area contributed by atoms with E-state index >= 15 is 0 Å². The molecule has 1 aliphatic heterocycles. The van der Waals surface area contributed by atoms with Crippen LogP contribution in [-0.2, 0) is 9.53 Å². The molecule has 1 saturated heterocycles. The van der Waals surface area contributed by atoms with Crippen LogP contribution in [0.4, 0.5) is 0 Å². The minimum atomic E-state index is 0.000838. The SMILES string of the molecule is Cc1ccc(C)c(-c2ccc(SCC(=O)NC[C@H]3CCCO3)nn2)c1. The first kappa shape index (κ1) is 17.9. The maximum atomic E-state index is 11.9. The number of aryl methyl sites for hydroxylation is 2. The molecule has 0 bridgehead atoms. The van der Waals surface area contributed by atoms with E-state index in [1.807, 2.05) is 12.1 Å². The lowest BCUT2D eigenvalue weighted by atomic mass is 10.0. The van der Waals surface area contributed by atoms with Gasteiger partial charge in [0.2, 0.25) is 5.91 Å². The lowest BCUT2D eigenvalue weighted by Crippen LogP contribution is -2.32. The summed E-state index contributed by atoms with van der Waals surface area (Å²) in [5.41, 5.74) is 4.32. The predicted octanol–water partition coefficient (Wildman–Crippen LogP) is 3.15. The first-order valence-electron chi connectivity index (χ1n) is 8.54. The van der Waals surface area contributed by atoms with Crippen LogP contribution < -0.4 is 5.32 Å². The maximum absolute atomic E-state index is 11.9. The van der Waals surface area contributed by atoms with E-state index < -0.39 is 0 Å². The Kier molecular flexibility index (Phi) is 6.04. The summed E-state index contributed by atoms with van der Waals surface area (Å²) in [5.74, 6) is 0.338. The second kappa shape index (κ2) is 8.45. The van der Waals surface area contributed by atoms with Gasteiger partial charge < -0.3 is 10.1 Å². The molecule has 2 aromatic rings. The van der Waals surface area contributed by atoms with Crippen molar-refractivity contribution in [1.82, 2.24) is 15.5 Å². The van der Waals surface area contributed by atoms with Crippen molar-refractivity contribution < 1.29 is 9.53 Å². The van der Waals surface area contributed by atoms with Crippen LogP contribution in [0.1, 0.15) is 24.0 Å². The fourth-order valence-corrected chi connectivity index (χ4v) is 3.42. The summed E-state index contributed by atoms with van der Waals surface area (Å²) in [7, 11) is 0. The van der Waals surface area contributed by atoms with Crippen molar-refractivity contribution in [2.45, 2.75) is 37.8 Å². The number of ether oxygens (including phenoxy) is 1. The molecular formula is C19H23N3O2S. The van der Waals surface area contributed by atoms with E-state index in [4.69, 9.17) is 4.74 Å². The molecule has 0 spiro atoms. The van der Waals surface area contributed by atoms with Crippen LogP contribution in [0.25, 0.3) is 11.3 Å². The molecule has 5 nitrogen and oxygen atoms in total. The Morgan fingerprint density at radius 3 is 2.88 bits per heavy atom. The number of nitrogens with zero attached hydrogens (tertiary/aromatic N) is 2. The van der Waals surface area contributed by atoms with Crippen LogP contribution in [0.2, 0.25) is 0 Å². The Morgan fingerprint density at radius 2 is 2.16 bits per heavy atom. The topological polar surface area (TPSA) is 64.1 Å². The Bertz CT molecular complexity index is 728. The lowest BCUT2D eigenvalue weighted by Gasteiger charge is -2.10. The molecule has 1 fully saturated rings. The van der Waals surface area contributed by atoms with Gasteiger partial charge >= 0.3 is 0 Å². The Hall–Kier alpha value is -1.92. The zero-order chi connectivity index (χ0) is 17.6. The number of amides is 1. The first-order chi connectivity index (χ1) is 12.1. The smallest absolute Gasteiger partial charge is 0.230 e. The molecular weight excluding hydrogens is 334 g/mol. The highest BCUT2D eigenvalue weighted by Gasteiger charge is 2.16. The number of aromatic nitrogens is 2. The van der Waals surface area contributed by atoms with Gasteiger partial charge in [-0.2, -0.15) is 0 Å². The van der Waals surface area contributed by atoms with Crippen molar-refractivity contribution in [2.24, 2.45) is 0 Å². The molecule has 0 saturated carbocycles. The summed E-state index contributed by atoms with van der Waals surface area (Å²) < 4.78 is 5.50. The van der Waals surface area contributed by atoms with Gasteiger partial charge in [0.05, 0.1) is 17.6 Å². The summed E-state index contributed by atoms with van der Waals surface area (Å²) >= 11 is 1.40. The molecule has 132 valence electrons. The highest BCUT2D eigenvalue weighted by atomic mass is 32.2. The van der Waals surface area contributed by atoms with Gasteiger partial charge in [-0.15, -0.1) is 10.2 Å². The molecule has 6 heteroatoms. The van der Waals surface area contributed by atoms with Gasteiger partial charge in [0.15, 0.2) is 0 Å². The fraction of sp³-hybridized carbons (Fsp3) is 0.421. The molecule has 0 aliphatic carbocycles. The minimum Gasteiger partial charge on any atom is -0.376 e. The minimum absolute atomic E-state index is 0.000838. The van der Waals surface area contributed by atoms with Gasteiger partial charge in [0.25, 0.3) is 0 Å². The monoisotopic (exact) mass is 357 g/mol. The first-order valence-corrected chi connectivity index (χ1v) is 9.53. The van der Waals surface area contributed by atoms with Crippen molar-refractivity contribution in [1.29, 1.82) is 0 Å². The van der Waals surface area contributed by atoms with Gasteiger partial charge in [-0.1, -0.05) is 29.5 Å². The summed E-state index contributed by atoms with van der Waals surface area (Å²) in [5, 5.41) is 12.2. The van der Waals surface area contributed by atoms with E-state index in [0.717, 1.165) is 35.7 Å². The van der Waals surface area contributed by atoms with Crippen molar-refractivity contribution >= 4 is 17.7 Å². The standard InChI is InChI=1S/C19H23N3O2S/c1-13-5-6-14(2)16(10-13)17-7-8-19(22-21-17)25-12-18(23)20-11-15-4-3-9-24-15/h5-8,10,15H,3-4,9,11-12H2,1-2H3,(H,20,23)/t15-/m1/s1. The second-order valence-electron chi connectivity index (χ2n) is 6.30. The number of rotatable bonds is 6. The molecule has 1 amide bonds. The highest BCUT2D eigenvalue weighted by molar-refractivity contribution is 7.99. The van der Waals surface area contributed by atoms with E-state index in [1.165, 1.54) is 22.9 Å². The molecule has 0 unspecified atom stereocenters.